The number of nitrogens with one attached hydrogen (secondary N) is 1. The van der Waals surface area contributed by atoms with Crippen molar-refractivity contribution in [2.75, 3.05) is 0 Å². The van der Waals surface area contributed by atoms with Gasteiger partial charge in [0.1, 0.15) is 12.4 Å². The van der Waals surface area contributed by atoms with Gasteiger partial charge in [-0.25, -0.2) is 4.98 Å². The van der Waals surface area contributed by atoms with Gasteiger partial charge in [0, 0.05) is 18.2 Å². The summed E-state index contributed by atoms with van der Waals surface area (Å²) in [5, 5.41) is 13.1. The smallest absolute Gasteiger partial charge is 0.251 e. The molecule has 0 fully saturated rings. The predicted octanol–water partition coefficient (Wildman–Crippen LogP) is 4.09. The minimum absolute atomic E-state index is 0.0743. The van der Waals surface area contributed by atoms with Gasteiger partial charge in [-0.1, -0.05) is 48.0 Å². The van der Waals surface area contributed by atoms with Gasteiger partial charge in [-0.15, -0.1) is 0 Å². The maximum absolute atomic E-state index is 13.0. The molecule has 0 radical (unpaired) electrons. The van der Waals surface area contributed by atoms with Crippen molar-refractivity contribution in [2.24, 2.45) is 0 Å². The molecular formula is C27H27N3O2. The summed E-state index contributed by atoms with van der Waals surface area (Å²) in [5.74, 6) is 0.527. The van der Waals surface area contributed by atoms with Gasteiger partial charge in [-0.05, 0) is 67.1 Å². The van der Waals surface area contributed by atoms with Crippen LogP contribution in [0.5, 0.6) is 0 Å². The van der Waals surface area contributed by atoms with E-state index in [1.54, 1.807) is 0 Å². The second-order valence-electron chi connectivity index (χ2n) is 8.75. The molecule has 3 aromatic carbocycles. The molecule has 0 saturated carbocycles. The van der Waals surface area contributed by atoms with Crippen molar-refractivity contribution in [3.8, 4) is 0 Å². The van der Waals surface area contributed by atoms with Crippen LogP contribution in [-0.4, -0.2) is 26.6 Å². The minimum Gasteiger partial charge on any atom is -0.388 e. The molecule has 5 rings (SSSR count). The van der Waals surface area contributed by atoms with Crippen molar-refractivity contribution in [3.05, 3.63) is 99.9 Å². The lowest BCUT2D eigenvalue weighted by atomic mass is 10.1. The first-order chi connectivity index (χ1) is 15.5. The number of imidazole rings is 1. The molecule has 0 spiro atoms. The van der Waals surface area contributed by atoms with Gasteiger partial charge in [0.15, 0.2) is 0 Å². The maximum Gasteiger partial charge on any atom is 0.251 e. The Balaban J connectivity index is 1.43. The number of benzene rings is 3. The summed E-state index contributed by atoms with van der Waals surface area (Å²) >= 11 is 0. The third-order valence-corrected chi connectivity index (χ3v) is 6.45. The van der Waals surface area contributed by atoms with Crippen LogP contribution >= 0.6 is 0 Å². The van der Waals surface area contributed by atoms with Crippen molar-refractivity contribution in [1.82, 2.24) is 14.9 Å². The molecule has 5 nitrogen and oxygen atoms in total. The Kier molecular flexibility index (Phi) is 5.27. The first kappa shape index (κ1) is 20.5. The van der Waals surface area contributed by atoms with Crippen LogP contribution in [0, 0.1) is 13.8 Å². The topological polar surface area (TPSA) is 67.1 Å². The van der Waals surface area contributed by atoms with Gasteiger partial charge in [0.05, 0.1) is 11.0 Å². The summed E-state index contributed by atoms with van der Waals surface area (Å²) in [6.07, 6.45) is 1.73. The first-order valence-corrected chi connectivity index (χ1v) is 11.1. The fourth-order valence-electron chi connectivity index (χ4n) is 4.68. The zero-order valence-corrected chi connectivity index (χ0v) is 18.4. The Morgan fingerprint density at radius 2 is 1.81 bits per heavy atom. The van der Waals surface area contributed by atoms with Crippen molar-refractivity contribution >= 4 is 16.9 Å². The second kappa shape index (κ2) is 8.24. The van der Waals surface area contributed by atoms with E-state index in [9.17, 15) is 9.90 Å². The SMILES string of the molecule is Cc1ccc(C)c(Cn2c(CO)nc3ccc(C(=O)NC4Cc5ccccc5C4)cc32)c1. The van der Waals surface area contributed by atoms with E-state index in [-0.39, 0.29) is 18.6 Å². The summed E-state index contributed by atoms with van der Waals surface area (Å²) in [7, 11) is 0. The molecule has 0 unspecified atom stereocenters. The maximum atomic E-state index is 13.0. The number of hydrogen-bond donors (Lipinski definition) is 2. The van der Waals surface area contributed by atoms with Crippen LogP contribution in [0.4, 0.5) is 0 Å². The number of rotatable bonds is 5. The highest BCUT2D eigenvalue weighted by Gasteiger charge is 2.23. The van der Waals surface area contributed by atoms with Gasteiger partial charge in [-0.3, -0.25) is 4.79 Å². The number of aromatic nitrogens is 2. The van der Waals surface area contributed by atoms with Crippen molar-refractivity contribution in [3.63, 3.8) is 0 Å². The number of aliphatic hydroxyl groups is 1. The zero-order valence-electron chi connectivity index (χ0n) is 18.4. The summed E-state index contributed by atoms with van der Waals surface area (Å²) in [6.45, 7) is 4.61. The Labute approximate surface area is 187 Å². The van der Waals surface area contributed by atoms with Crippen LogP contribution in [-0.2, 0) is 26.0 Å². The molecule has 0 saturated heterocycles. The molecule has 162 valence electrons. The molecular weight excluding hydrogens is 398 g/mol. The van der Waals surface area contributed by atoms with Crippen LogP contribution in [0.2, 0.25) is 0 Å². The van der Waals surface area contributed by atoms with E-state index in [0.717, 1.165) is 23.9 Å². The van der Waals surface area contributed by atoms with E-state index in [1.807, 2.05) is 34.9 Å². The van der Waals surface area contributed by atoms with E-state index in [2.05, 4.69) is 54.5 Å². The number of amides is 1. The molecule has 1 aromatic heterocycles. The summed E-state index contributed by atoms with van der Waals surface area (Å²) in [4.78, 5) is 17.6. The van der Waals surface area contributed by atoms with E-state index in [0.29, 0.717) is 17.9 Å². The van der Waals surface area contributed by atoms with E-state index in [4.69, 9.17) is 0 Å². The summed E-state index contributed by atoms with van der Waals surface area (Å²) in [6, 6.07) is 20.4. The molecule has 2 N–H and O–H groups in total. The van der Waals surface area contributed by atoms with Crippen molar-refractivity contribution < 1.29 is 9.90 Å². The fourth-order valence-corrected chi connectivity index (χ4v) is 4.68. The third-order valence-electron chi connectivity index (χ3n) is 6.45. The highest BCUT2D eigenvalue weighted by molar-refractivity contribution is 5.97. The van der Waals surface area contributed by atoms with Crippen LogP contribution in [0.1, 0.15) is 44.0 Å². The number of fused-ring (bicyclic) bond motifs is 2. The molecule has 0 bridgehead atoms. The Hall–Kier alpha value is -3.44. The highest BCUT2D eigenvalue weighted by atomic mass is 16.3. The minimum atomic E-state index is -0.151. The molecule has 32 heavy (non-hydrogen) atoms. The lowest BCUT2D eigenvalue weighted by Crippen LogP contribution is -2.35. The Morgan fingerprint density at radius 1 is 1.06 bits per heavy atom. The van der Waals surface area contributed by atoms with E-state index >= 15 is 0 Å². The largest absolute Gasteiger partial charge is 0.388 e. The lowest BCUT2D eigenvalue weighted by molar-refractivity contribution is 0.0938. The molecule has 4 aromatic rings. The molecule has 1 heterocycles. The molecule has 1 aliphatic rings. The average Bonchev–Trinajstić information content (AvgIpc) is 3.36. The number of aliphatic hydroxyl groups excluding tert-OH is 1. The number of aryl methyl sites for hydroxylation is 2. The predicted molar refractivity (Wildman–Crippen MR) is 126 cm³/mol. The van der Waals surface area contributed by atoms with Crippen LogP contribution < -0.4 is 5.32 Å². The molecule has 0 atom stereocenters. The third kappa shape index (κ3) is 3.80. The normalized spacial score (nSPS) is 13.5. The van der Waals surface area contributed by atoms with Gasteiger partial charge >= 0.3 is 0 Å². The molecule has 1 amide bonds. The summed E-state index contributed by atoms with van der Waals surface area (Å²) in [5.41, 5.74) is 8.44. The number of hydrogen-bond acceptors (Lipinski definition) is 3. The quantitative estimate of drug-likeness (QED) is 0.506. The van der Waals surface area contributed by atoms with Gasteiger partial charge in [-0.2, -0.15) is 0 Å². The van der Waals surface area contributed by atoms with E-state index in [1.165, 1.54) is 27.8 Å². The van der Waals surface area contributed by atoms with Gasteiger partial charge in [0.2, 0.25) is 0 Å². The van der Waals surface area contributed by atoms with Crippen molar-refractivity contribution in [1.29, 1.82) is 0 Å². The lowest BCUT2D eigenvalue weighted by Gasteiger charge is -2.13. The first-order valence-electron chi connectivity index (χ1n) is 11.1. The Bertz CT molecular complexity index is 1300. The zero-order chi connectivity index (χ0) is 22.2. The van der Waals surface area contributed by atoms with Gasteiger partial charge in [0.25, 0.3) is 5.91 Å². The molecule has 1 aliphatic carbocycles. The monoisotopic (exact) mass is 425 g/mol. The Morgan fingerprint density at radius 3 is 2.53 bits per heavy atom. The van der Waals surface area contributed by atoms with Crippen LogP contribution in [0.25, 0.3) is 11.0 Å². The van der Waals surface area contributed by atoms with Crippen molar-refractivity contribution in [2.45, 2.75) is 45.9 Å². The molecule has 5 heteroatoms. The number of carbonyl (C=O) groups excluding carboxylic acids is 1. The molecule has 0 aliphatic heterocycles. The van der Waals surface area contributed by atoms with Crippen LogP contribution in [0.15, 0.2) is 60.7 Å². The highest BCUT2D eigenvalue weighted by Crippen LogP contribution is 2.24. The average molecular weight is 426 g/mol. The standard InChI is InChI=1S/C27H27N3O2/c1-17-7-8-18(2)22(11-17)15-30-25-14-21(9-10-24(25)29-26(30)16-31)27(32)28-23-12-19-5-3-4-6-20(19)13-23/h3-11,14,23,31H,12-13,15-16H2,1-2H3,(H,28,32). The summed E-state index contributed by atoms with van der Waals surface area (Å²) < 4.78 is 2.01. The van der Waals surface area contributed by atoms with Gasteiger partial charge < -0.3 is 15.0 Å². The number of nitrogens with zero attached hydrogens (tertiary/aromatic N) is 2. The second-order valence-corrected chi connectivity index (χ2v) is 8.75. The number of carbonyl (C=O) groups is 1. The van der Waals surface area contributed by atoms with Crippen LogP contribution in [0.3, 0.4) is 0 Å². The fraction of sp³-hybridized carbons (Fsp3) is 0.259. The van der Waals surface area contributed by atoms with E-state index < -0.39 is 0 Å².